The highest BCUT2D eigenvalue weighted by Crippen LogP contribution is 2.29. The second kappa shape index (κ2) is 5.67. The average Bonchev–Trinajstić information content (AvgIpc) is 2.47. The zero-order valence-electron chi connectivity index (χ0n) is 12.2. The van der Waals surface area contributed by atoms with E-state index >= 15 is 0 Å². The molecule has 2 N–H and O–H groups in total. The molecule has 2 fully saturated rings. The molecule has 19 heavy (non-hydrogen) atoms. The molecule has 2 rings (SSSR count). The fourth-order valence-electron chi connectivity index (χ4n) is 2.98. The van der Waals surface area contributed by atoms with Crippen molar-refractivity contribution in [2.45, 2.75) is 57.7 Å². The van der Waals surface area contributed by atoms with Gasteiger partial charge in [-0.2, -0.15) is 0 Å². The maximum Gasteiger partial charge on any atom is 0.410 e. The summed E-state index contributed by atoms with van der Waals surface area (Å²) in [6.07, 6.45) is 2.61. The first-order chi connectivity index (χ1) is 8.88. The Hall–Kier alpha value is -0.810. The number of hydrogen-bond acceptors (Lipinski definition) is 4. The average molecular weight is 270 g/mol. The molecule has 0 aromatic carbocycles. The van der Waals surface area contributed by atoms with Gasteiger partial charge in [-0.15, -0.1) is 0 Å². The van der Waals surface area contributed by atoms with Gasteiger partial charge in [-0.1, -0.05) is 0 Å². The topological polar surface area (TPSA) is 64.8 Å². The van der Waals surface area contributed by atoms with Crippen LogP contribution < -0.4 is 5.73 Å². The molecule has 0 spiro atoms. The van der Waals surface area contributed by atoms with Crippen molar-refractivity contribution in [1.82, 2.24) is 4.90 Å². The smallest absolute Gasteiger partial charge is 0.410 e. The Morgan fingerprint density at radius 3 is 2.79 bits per heavy atom. The molecule has 0 saturated carbocycles. The molecular weight excluding hydrogens is 244 g/mol. The zero-order valence-corrected chi connectivity index (χ0v) is 12.2. The van der Waals surface area contributed by atoms with Gasteiger partial charge in [0.25, 0.3) is 0 Å². The molecule has 2 heterocycles. The predicted molar refractivity (Wildman–Crippen MR) is 72.9 cm³/mol. The summed E-state index contributed by atoms with van der Waals surface area (Å²) in [4.78, 5) is 14.2. The Balaban J connectivity index is 2.11. The Kier molecular flexibility index (Phi) is 4.36. The summed E-state index contributed by atoms with van der Waals surface area (Å²) in [6.45, 7) is 7.72. The van der Waals surface area contributed by atoms with E-state index < -0.39 is 5.60 Å². The van der Waals surface area contributed by atoms with Gasteiger partial charge < -0.3 is 20.1 Å². The van der Waals surface area contributed by atoms with Gasteiger partial charge in [-0.25, -0.2) is 4.79 Å². The van der Waals surface area contributed by atoms with E-state index in [1.807, 2.05) is 25.7 Å². The van der Waals surface area contributed by atoms with Crippen molar-refractivity contribution in [3.8, 4) is 0 Å². The minimum absolute atomic E-state index is 0.0705. The summed E-state index contributed by atoms with van der Waals surface area (Å²) >= 11 is 0. The van der Waals surface area contributed by atoms with Crippen LogP contribution in [0.2, 0.25) is 0 Å². The molecule has 0 aromatic heterocycles. The number of rotatable bonds is 0. The van der Waals surface area contributed by atoms with Crippen LogP contribution in [0.1, 0.15) is 40.0 Å². The fraction of sp³-hybridized carbons (Fsp3) is 0.929. The number of fused-ring (bicyclic) bond motifs is 1. The summed E-state index contributed by atoms with van der Waals surface area (Å²) in [5.74, 6) is 0.337. The Morgan fingerprint density at radius 1 is 1.37 bits per heavy atom. The molecule has 2 saturated heterocycles. The van der Waals surface area contributed by atoms with Crippen LogP contribution in [0, 0.1) is 5.92 Å². The van der Waals surface area contributed by atoms with E-state index in [0.29, 0.717) is 19.1 Å². The summed E-state index contributed by atoms with van der Waals surface area (Å²) in [5, 5.41) is 0. The first-order valence-corrected chi connectivity index (χ1v) is 7.21. The molecule has 0 radical (unpaired) electrons. The van der Waals surface area contributed by atoms with Crippen molar-refractivity contribution in [3.05, 3.63) is 0 Å². The van der Waals surface area contributed by atoms with Crippen molar-refractivity contribution < 1.29 is 14.3 Å². The highest BCUT2D eigenvalue weighted by molar-refractivity contribution is 5.68. The van der Waals surface area contributed by atoms with Crippen molar-refractivity contribution in [2.75, 3.05) is 19.8 Å². The maximum absolute atomic E-state index is 12.3. The number of amides is 1. The minimum Gasteiger partial charge on any atom is -0.444 e. The van der Waals surface area contributed by atoms with Gasteiger partial charge in [-0.3, -0.25) is 0 Å². The molecular formula is C14H26N2O3. The lowest BCUT2D eigenvalue weighted by Gasteiger charge is -2.40. The highest BCUT2D eigenvalue weighted by atomic mass is 16.6. The zero-order chi connectivity index (χ0) is 14.0. The lowest BCUT2D eigenvalue weighted by molar-refractivity contribution is -0.0339. The molecule has 2 aliphatic rings. The Morgan fingerprint density at radius 2 is 2.11 bits per heavy atom. The standard InChI is InChI=1S/C14H26N2O3/c1-14(2,3)19-13(17)16-7-4-5-11(15)10-6-8-18-9-12(10)16/h10-12H,4-9,15H2,1-3H3. The van der Waals surface area contributed by atoms with Crippen LogP contribution >= 0.6 is 0 Å². The monoisotopic (exact) mass is 270 g/mol. The van der Waals surface area contributed by atoms with Crippen LogP contribution in [-0.2, 0) is 9.47 Å². The highest BCUT2D eigenvalue weighted by Gasteiger charge is 2.40. The molecule has 1 amide bonds. The van der Waals surface area contributed by atoms with Gasteiger partial charge in [0.1, 0.15) is 5.60 Å². The van der Waals surface area contributed by atoms with Crippen molar-refractivity contribution in [3.63, 3.8) is 0 Å². The lowest BCUT2D eigenvalue weighted by atomic mass is 9.87. The van der Waals surface area contributed by atoms with Crippen LogP contribution in [0.4, 0.5) is 4.79 Å². The van der Waals surface area contributed by atoms with Crippen LogP contribution in [-0.4, -0.2) is 48.4 Å². The lowest BCUT2D eigenvalue weighted by Crippen LogP contribution is -2.53. The maximum atomic E-state index is 12.3. The summed E-state index contributed by atoms with van der Waals surface area (Å²) < 4.78 is 11.1. The first-order valence-electron chi connectivity index (χ1n) is 7.21. The Bertz CT molecular complexity index is 327. The van der Waals surface area contributed by atoms with Gasteiger partial charge in [0.2, 0.25) is 0 Å². The second-order valence-electron chi connectivity index (χ2n) is 6.57. The van der Waals surface area contributed by atoms with Crippen molar-refractivity contribution in [1.29, 1.82) is 0 Å². The van der Waals surface area contributed by atoms with E-state index in [0.717, 1.165) is 25.9 Å². The quantitative estimate of drug-likeness (QED) is 0.728. The third-order valence-electron chi connectivity index (χ3n) is 3.89. The number of likely N-dealkylation sites (tertiary alicyclic amines) is 1. The van der Waals surface area contributed by atoms with Crippen LogP contribution in [0.15, 0.2) is 0 Å². The van der Waals surface area contributed by atoms with Crippen LogP contribution in [0.3, 0.4) is 0 Å². The number of hydrogen-bond donors (Lipinski definition) is 1. The number of ether oxygens (including phenoxy) is 2. The van der Waals surface area contributed by atoms with Crippen LogP contribution in [0.5, 0.6) is 0 Å². The second-order valence-corrected chi connectivity index (χ2v) is 6.57. The summed E-state index contributed by atoms with van der Waals surface area (Å²) in [7, 11) is 0. The van der Waals surface area contributed by atoms with E-state index in [4.69, 9.17) is 15.2 Å². The molecule has 0 aromatic rings. The Labute approximate surface area is 115 Å². The predicted octanol–water partition coefficient (Wildman–Crippen LogP) is 1.75. The largest absolute Gasteiger partial charge is 0.444 e. The van der Waals surface area contributed by atoms with Crippen molar-refractivity contribution in [2.24, 2.45) is 11.7 Å². The molecule has 5 nitrogen and oxygen atoms in total. The molecule has 110 valence electrons. The van der Waals surface area contributed by atoms with E-state index in [1.165, 1.54) is 0 Å². The van der Waals surface area contributed by atoms with Gasteiger partial charge in [0, 0.05) is 19.2 Å². The number of nitrogens with zero attached hydrogens (tertiary/aromatic N) is 1. The molecule has 5 heteroatoms. The van der Waals surface area contributed by atoms with E-state index in [9.17, 15) is 4.79 Å². The fourth-order valence-corrected chi connectivity index (χ4v) is 2.98. The third kappa shape index (κ3) is 3.60. The molecule has 3 unspecified atom stereocenters. The molecule has 2 aliphatic heterocycles. The summed E-state index contributed by atoms with van der Waals surface area (Å²) in [5.41, 5.74) is 5.78. The number of nitrogens with two attached hydrogens (primary N) is 1. The van der Waals surface area contributed by atoms with Crippen molar-refractivity contribution >= 4 is 6.09 Å². The third-order valence-corrected chi connectivity index (χ3v) is 3.89. The van der Waals surface area contributed by atoms with Gasteiger partial charge in [0.05, 0.1) is 12.6 Å². The van der Waals surface area contributed by atoms with E-state index in [-0.39, 0.29) is 18.2 Å². The first kappa shape index (κ1) is 14.6. The number of carbonyl (C=O) groups is 1. The van der Waals surface area contributed by atoms with E-state index in [1.54, 1.807) is 0 Å². The van der Waals surface area contributed by atoms with E-state index in [2.05, 4.69) is 0 Å². The molecule has 3 atom stereocenters. The van der Waals surface area contributed by atoms with Gasteiger partial charge in [-0.05, 0) is 46.0 Å². The molecule has 0 aliphatic carbocycles. The normalized spacial score (nSPS) is 32.4. The van der Waals surface area contributed by atoms with Crippen LogP contribution in [0.25, 0.3) is 0 Å². The SMILES string of the molecule is CC(C)(C)OC(=O)N1CCCC(N)C2CCOCC21. The van der Waals surface area contributed by atoms with Gasteiger partial charge in [0.15, 0.2) is 0 Å². The summed E-state index contributed by atoms with van der Waals surface area (Å²) in [6, 6.07) is 0.238. The van der Waals surface area contributed by atoms with Gasteiger partial charge >= 0.3 is 6.09 Å². The number of carbonyl (C=O) groups excluding carboxylic acids is 1. The molecule has 0 bridgehead atoms. The minimum atomic E-state index is -0.462.